The molecule has 1 aliphatic rings. The van der Waals surface area contributed by atoms with E-state index in [9.17, 15) is 4.79 Å². The van der Waals surface area contributed by atoms with E-state index in [4.69, 9.17) is 0 Å². The largest absolute Gasteiger partial charge is 0.339 e. The molecule has 18 heavy (non-hydrogen) atoms. The van der Waals surface area contributed by atoms with Gasteiger partial charge in [0.15, 0.2) is 4.34 Å². The number of piperazine rings is 1. The van der Waals surface area contributed by atoms with Crippen LogP contribution in [0.25, 0.3) is 0 Å². The Hall–Kier alpha value is -0.660. The summed E-state index contributed by atoms with van der Waals surface area (Å²) in [5.41, 5.74) is 1.69. The Kier molecular flexibility index (Phi) is 4.96. The van der Waals surface area contributed by atoms with Gasteiger partial charge in [-0.15, -0.1) is 10.2 Å². The molecule has 0 aliphatic carbocycles. The molecule has 0 N–H and O–H groups in total. The lowest BCUT2D eigenvalue weighted by atomic mass is 10.3. The van der Waals surface area contributed by atoms with Crippen molar-refractivity contribution in [2.24, 2.45) is 0 Å². The van der Waals surface area contributed by atoms with E-state index in [-0.39, 0.29) is 11.2 Å². The van der Waals surface area contributed by atoms with Crippen LogP contribution in [0, 0.1) is 0 Å². The summed E-state index contributed by atoms with van der Waals surface area (Å²) in [7, 11) is 0. The predicted octanol–water partition coefficient (Wildman–Crippen LogP) is 1.18. The molecule has 1 amide bonds. The monoisotopic (exact) mass is 286 g/mol. The van der Waals surface area contributed by atoms with Crippen molar-refractivity contribution in [3.8, 4) is 0 Å². The molecule has 0 radical (unpaired) electrons. The molecule has 1 saturated heterocycles. The highest BCUT2D eigenvalue weighted by Gasteiger charge is 2.25. The summed E-state index contributed by atoms with van der Waals surface area (Å²) < 4.78 is 0.864. The minimum atomic E-state index is -0.0777. The van der Waals surface area contributed by atoms with Gasteiger partial charge >= 0.3 is 0 Å². The number of amides is 1. The summed E-state index contributed by atoms with van der Waals surface area (Å²) in [4.78, 5) is 16.6. The van der Waals surface area contributed by atoms with Gasteiger partial charge in [0.25, 0.3) is 0 Å². The first-order valence-electron chi connectivity index (χ1n) is 6.14. The van der Waals surface area contributed by atoms with Crippen LogP contribution in [0.3, 0.4) is 0 Å². The molecule has 1 fully saturated rings. The van der Waals surface area contributed by atoms with Crippen LogP contribution in [0.4, 0.5) is 0 Å². The van der Waals surface area contributed by atoms with Gasteiger partial charge in [-0.1, -0.05) is 30.0 Å². The fraction of sp³-hybridized carbons (Fsp3) is 0.727. The number of thioether (sulfide) groups is 1. The van der Waals surface area contributed by atoms with Crippen molar-refractivity contribution >= 4 is 29.0 Å². The Morgan fingerprint density at radius 2 is 2.22 bits per heavy atom. The van der Waals surface area contributed by atoms with E-state index in [2.05, 4.69) is 22.0 Å². The topological polar surface area (TPSA) is 49.3 Å². The maximum atomic E-state index is 12.3. The Bertz CT molecular complexity index is 376. The first-order chi connectivity index (χ1) is 8.70. The molecule has 0 spiro atoms. The van der Waals surface area contributed by atoms with Crippen LogP contribution in [-0.2, 0) is 4.79 Å². The summed E-state index contributed by atoms with van der Waals surface area (Å²) in [5.74, 6) is 0.214. The van der Waals surface area contributed by atoms with Crippen molar-refractivity contribution in [2.75, 3.05) is 32.7 Å². The van der Waals surface area contributed by atoms with Gasteiger partial charge in [-0.3, -0.25) is 4.79 Å². The van der Waals surface area contributed by atoms with E-state index in [1.807, 2.05) is 11.8 Å². The zero-order valence-electron chi connectivity index (χ0n) is 10.7. The second-order valence-electron chi connectivity index (χ2n) is 4.22. The van der Waals surface area contributed by atoms with Crippen LogP contribution < -0.4 is 0 Å². The molecular formula is C11H18N4OS2. The minimum Gasteiger partial charge on any atom is -0.339 e. The molecular weight excluding hydrogens is 268 g/mol. The molecule has 1 aromatic heterocycles. The van der Waals surface area contributed by atoms with E-state index in [0.717, 1.165) is 37.1 Å². The predicted molar refractivity (Wildman–Crippen MR) is 73.9 cm³/mol. The first-order valence-corrected chi connectivity index (χ1v) is 7.90. The lowest BCUT2D eigenvalue weighted by Crippen LogP contribution is -2.50. The number of rotatable bonds is 4. The van der Waals surface area contributed by atoms with E-state index in [0.29, 0.717) is 0 Å². The fourth-order valence-corrected chi connectivity index (χ4v) is 3.67. The van der Waals surface area contributed by atoms with Crippen molar-refractivity contribution in [2.45, 2.75) is 23.4 Å². The number of carbonyl (C=O) groups excluding carboxylic acids is 1. The zero-order valence-corrected chi connectivity index (χ0v) is 12.3. The smallest absolute Gasteiger partial charge is 0.235 e. The molecule has 1 aliphatic heterocycles. The Balaban J connectivity index is 1.84. The van der Waals surface area contributed by atoms with Gasteiger partial charge in [-0.05, 0) is 13.5 Å². The summed E-state index contributed by atoms with van der Waals surface area (Å²) in [6.07, 6.45) is 0. The molecule has 0 saturated carbocycles. The molecule has 1 unspecified atom stereocenters. The highest BCUT2D eigenvalue weighted by Crippen LogP contribution is 2.25. The van der Waals surface area contributed by atoms with Gasteiger partial charge < -0.3 is 9.80 Å². The van der Waals surface area contributed by atoms with Crippen molar-refractivity contribution in [1.82, 2.24) is 20.0 Å². The number of carbonyl (C=O) groups is 1. The van der Waals surface area contributed by atoms with Crippen LogP contribution in [0.5, 0.6) is 0 Å². The standard InChI is InChI=1S/C11H18N4OS2/c1-3-14-4-6-15(7-5-14)10(16)9(2)18-11-13-12-8-17-11/h8-9H,3-7H2,1-2H3. The third-order valence-electron chi connectivity index (χ3n) is 3.10. The molecule has 2 heterocycles. The normalized spacial score (nSPS) is 18.9. The van der Waals surface area contributed by atoms with Gasteiger partial charge in [-0.2, -0.15) is 0 Å². The molecule has 2 rings (SSSR count). The van der Waals surface area contributed by atoms with Crippen molar-refractivity contribution in [3.63, 3.8) is 0 Å². The number of aromatic nitrogens is 2. The molecule has 100 valence electrons. The summed E-state index contributed by atoms with van der Waals surface area (Å²) >= 11 is 2.98. The summed E-state index contributed by atoms with van der Waals surface area (Å²) in [6.45, 7) is 8.82. The Morgan fingerprint density at radius 3 is 2.78 bits per heavy atom. The van der Waals surface area contributed by atoms with E-state index in [1.165, 1.54) is 23.1 Å². The van der Waals surface area contributed by atoms with Crippen LogP contribution in [0.2, 0.25) is 0 Å². The second kappa shape index (κ2) is 6.49. The number of hydrogen-bond donors (Lipinski definition) is 0. The maximum absolute atomic E-state index is 12.3. The average molecular weight is 286 g/mol. The zero-order chi connectivity index (χ0) is 13.0. The third-order valence-corrected chi connectivity index (χ3v) is 5.00. The van der Waals surface area contributed by atoms with Crippen molar-refractivity contribution in [3.05, 3.63) is 5.51 Å². The van der Waals surface area contributed by atoms with Gasteiger partial charge in [0.2, 0.25) is 5.91 Å². The summed E-state index contributed by atoms with van der Waals surface area (Å²) in [6, 6.07) is 0. The number of nitrogens with zero attached hydrogens (tertiary/aromatic N) is 4. The Morgan fingerprint density at radius 1 is 1.50 bits per heavy atom. The van der Waals surface area contributed by atoms with E-state index in [1.54, 1.807) is 5.51 Å². The fourth-order valence-electron chi connectivity index (χ4n) is 1.96. The highest BCUT2D eigenvalue weighted by molar-refractivity contribution is 8.02. The molecule has 7 heteroatoms. The van der Waals surface area contributed by atoms with Crippen LogP contribution in [0.15, 0.2) is 9.85 Å². The molecule has 1 aromatic rings. The molecule has 0 aromatic carbocycles. The van der Waals surface area contributed by atoms with Crippen molar-refractivity contribution < 1.29 is 4.79 Å². The molecule has 5 nitrogen and oxygen atoms in total. The lowest BCUT2D eigenvalue weighted by Gasteiger charge is -2.35. The van der Waals surface area contributed by atoms with E-state index < -0.39 is 0 Å². The average Bonchev–Trinajstić information content (AvgIpc) is 2.91. The van der Waals surface area contributed by atoms with Gasteiger partial charge in [0.05, 0.1) is 5.25 Å². The van der Waals surface area contributed by atoms with Crippen LogP contribution in [-0.4, -0.2) is 63.9 Å². The molecule has 1 atom stereocenters. The SMILES string of the molecule is CCN1CCN(C(=O)C(C)Sc2nncs2)CC1. The first kappa shape index (κ1) is 13.8. The highest BCUT2D eigenvalue weighted by atomic mass is 32.2. The quantitative estimate of drug-likeness (QED) is 0.778. The number of likely N-dealkylation sites (N-methyl/N-ethyl adjacent to an activating group) is 1. The number of hydrogen-bond acceptors (Lipinski definition) is 6. The third kappa shape index (κ3) is 3.43. The Labute approximate surface area is 116 Å². The van der Waals surface area contributed by atoms with Gasteiger partial charge in [0, 0.05) is 26.2 Å². The minimum absolute atomic E-state index is 0.0777. The van der Waals surface area contributed by atoms with Crippen LogP contribution >= 0.6 is 23.1 Å². The lowest BCUT2D eigenvalue weighted by molar-refractivity contribution is -0.132. The van der Waals surface area contributed by atoms with E-state index >= 15 is 0 Å². The van der Waals surface area contributed by atoms with Gasteiger partial charge in [0.1, 0.15) is 5.51 Å². The van der Waals surface area contributed by atoms with Gasteiger partial charge in [-0.25, -0.2) is 0 Å². The van der Waals surface area contributed by atoms with Crippen LogP contribution in [0.1, 0.15) is 13.8 Å². The molecule has 0 bridgehead atoms. The second-order valence-corrected chi connectivity index (χ2v) is 6.65. The van der Waals surface area contributed by atoms with Crippen molar-refractivity contribution in [1.29, 1.82) is 0 Å². The maximum Gasteiger partial charge on any atom is 0.235 e. The summed E-state index contributed by atoms with van der Waals surface area (Å²) in [5, 5.41) is 7.67.